The molecule has 0 bridgehead atoms. The highest BCUT2D eigenvalue weighted by molar-refractivity contribution is 7.92. The molecule has 0 saturated carbocycles. The molecule has 1 aliphatic rings. The summed E-state index contributed by atoms with van der Waals surface area (Å²) in [5.41, 5.74) is 2.26. The van der Waals surface area contributed by atoms with Gasteiger partial charge in [-0.05, 0) is 66.7 Å². The molecule has 0 unspecified atom stereocenters. The van der Waals surface area contributed by atoms with Crippen LogP contribution >= 0.6 is 23.8 Å². The number of fused-ring (bicyclic) bond motifs is 1. The van der Waals surface area contributed by atoms with Gasteiger partial charge in [0.2, 0.25) is 0 Å². The van der Waals surface area contributed by atoms with E-state index in [1.54, 1.807) is 36.4 Å². The lowest BCUT2D eigenvalue weighted by atomic mass is 10.2. The van der Waals surface area contributed by atoms with Crippen molar-refractivity contribution < 1.29 is 17.9 Å². The molecular formula is C23H20ClN3O4S2. The van der Waals surface area contributed by atoms with Crippen molar-refractivity contribution in [2.75, 3.05) is 22.8 Å². The molecule has 3 aromatic rings. The van der Waals surface area contributed by atoms with Crippen molar-refractivity contribution in [3.63, 3.8) is 0 Å². The fourth-order valence-corrected chi connectivity index (χ4v) is 5.35. The molecule has 7 nitrogen and oxygen atoms in total. The normalized spacial score (nSPS) is 12.7. The van der Waals surface area contributed by atoms with Crippen molar-refractivity contribution in [3.8, 4) is 5.75 Å². The molecule has 33 heavy (non-hydrogen) atoms. The standard InChI is InChI=1S/C23H20ClN3O4S2/c24-19-6-2-4-8-21(19)31-15-22(28)26-23(32)25-17-9-11-18(12-10-17)33(29,30)27-14-13-16-5-1-3-7-20(16)27/h1-12H,13-15H2,(H2,25,26,28,32). The highest BCUT2D eigenvalue weighted by Crippen LogP contribution is 2.32. The van der Waals surface area contributed by atoms with Crippen molar-refractivity contribution in [2.45, 2.75) is 11.3 Å². The molecule has 0 fully saturated rings. The van der Waals surface area contributed by atoms with Crippen molar-refractivity contribution in [1.82, 2.24) is 5.32 Å². The number of halogens is 1. The van der Waals surface area contributed by atoms with E-state index in [0.717, 1.165) is 5.56 Å². The molecule has 2 N–H and O–H groups in total. The molecule has 1 heterocycles. The van der Waals surface area contributed by atoms with Gasteiger partial charge in [-0.25, -0.2) is 8.42 Å². The van der Waals surface area contributed by atoms with Crippen LogP contribution in [0.25, 0.3) is 0 Å². The fraction of sp³-hybridized carbons (Fsp3) is 0.130. The number of amides is 1. The van der Waals surface area contributed by atoms with Gasteiger partial charge < -0.3 is 10.1 Å². The second-order valence-corrected chi connectivity index (χ2v) is 9.88. The summed E-state index contributed by atoms with van der Waals surface area (Å²) in [6.45, 7) is 0.147. The Morgan fingerprint density at radius 3 is 2.48 bits per heavy atom. The van der Waals surface area contributed by atoms with E-state index in [1.165, 1.54) is 16.4 Å². The van der Waals surface area contributed by atoms with Gasteiger partial charge in [0.05, 0.1) is 15.6 Å². The van der Waals surface area contributed by atoms with Crippen molar-refractivity contribution in [1.29, 1.82) is 0 Å². The predicted octanol–water partition coefficient (Wildman–Crippen LogP) is 3.98. The Morgan fingerprint density at radius 1 is 1.03 bits per heavy atom. The molecule has 4 rings (SSSR count). The zero-order valence-electron chi connectivity index (χ0n) is 17.3. The molecule has 0 spiro atoms. The highest BCUT2D eigenvalue weighted by atomic mass is 35.5. The number of anilines is 2. The van der Waals surface area contributed by atoms with Gasteiger partial charge in [0.1, 0.15) is 5.75 Å². The maximum absolute atomic E-state index is 13.1. The van der Waals surface area contributed by atoms with Crippen LogP contribution in [0.4, 0.5) is 11.4 Å². The van der Waals surface area contributed by atoms with Crippen LogP contribution in [-0.2, 0) is 21.2 Å². The molecule has 3 aromatic carbocycles. The van der Waals surface area contributed by atoms with Gasteiger partial charge in [0, 0.05) is 12.2 Å². The largest absolute Gasteiger partial charge is 0.482 e. The molecule has 1 aliphatic heterocycles. The summed E-state index contributed by atoms with van der Waals surface area (Å²) in [5.74, 6) is -0.0649. The van der Waals surface area contributed by atoms with E-state index in [9.17, 15) is 13.2 Å². The number of nitrogens with one attached hydrogen (secondary N) is 2. The van der Waals surface area contributed by atoms with Crippen LogP contribution < -0.4 is 19.7 Å². The Kier molecular flexibility index (Phi) is 6.83. The second-order valence-electron chi connectivity index (χ2n) is 7.20. The van der Waals surface area contributed by atoms with Crippen LogP contribution in [0.5, 0.6) is 5.75 Å². The predicted molar refractivity (Wildman–Crippen MR) is 132 cm³/mol. The number of nitrogens with zero attached hydrogens (tertiary/aromatic N) is 1. The minimum Gasteiger partial charge on any atom is -0.482 e. The number of hydrogen-bond acceptors (Lipinski definition) is 5. The molecule has 1 amide bonds. The number of ether oxygens (including phenoxy) is 1. The van der Waals surface area contributed by atoms with Gasteiger partial charge >= 0.3 is 0 Å². The third-order valence-electron chi connectivity index (χ3n) is 4.99. The van der Waals surface area contributed by atoms with E-state index in [2.05, 4.69) is 10.6 Å². The zero-order chi connectivity index (χ0) is 23.4. The average molecular weight is 502 g/mol. The zero-order valence-corrected chi connectivity index (χ0v) is 19.7. The Bertz CT molecular complexity index is 1300. The summed E-state index contributed by atoms with van der Waals surface area (Å²) in [4.78, 5) is 12.2. The Labute approximate surface area is 202 Å². The van der Waals surface area contributed by atoms with E-state index < -0.39 is 15.9 Å². The van der Waals surface area contributed by atoms with Gasteiger partial charge in [0.15, 0.2) is 11.7 Å². The first-order valence-electron chi connectivity index (χ1n) is 10.0. The van der Waals surface area contributed by atoms with Crippen LogP contribution in [-0.4, -0.2) is 32.6 Å². The number of benzene rings is 3. The number of para-hydroxylation sites is 2. The molecule has 0 aliphatic carbocycles. The van der Waals surface area contributed by atoms with Crippen LogP contribution in [0.1, 0.15) is 5.56 Å². The van der Waals surface area contributed by atoms with Gasteiger partial charge in [-0.2, -0.15) is 0 Å². The number of carbonyl (C=O) groups excluding carboxylic acids is 1. The molecule has 10 heteroatoms. The van der Waals surface area contributed by atoms with E-state index in [-0.39, 0.29) is 16.6 Å². The summed E-state index contributed by atoms with van der Waals surface area (Å²) in [5, 5.41) is 5.82. The second kappa shape index (κ2) is 9.78. The molecule has 0 atom stereocenters. The highest BCUT2D eigenvalue weighted by Gasteiger charge is 2.30. The number of rotatable bonds is 6. The maximum Gasteiger partial charge on any atom is 0.264 e. The quantitative estimate of drug-likeness (QED) is 0.497. The maximum atomic E-state index is 13.1. The summed E-state index contributed by atoms with van der Waals surface area (Å²) in [6, 6.07) is 20.5. The molecule has 0 saturated heterocycles. The monoisotopic (exact) mass is 501 g/mol. The minimum atomic E-state index is -3.68. The topological polar surface area (TPSA) is 87.7 Å². The Morgan fingerprint density at radius 2 is 1.73 bits per heavy atom. The molecule has 0 aromatic heterocycles. The summed E-state index contributed by atoms with van der Waals surface area (Å²) in [7, 11) is -3.68. The lowest BCUT2D eigenvalue weighted by molar-refractivity contribution is -0.121. The van der Waals surface area contributed by atoms with Gasteiger partial charge in [-0.1, -0.05) is 41.9 Å². The lowest BCUT2D eigenvalue weighted by Crippen LogP contribution is -2.37. The van der Waals surface area contributed by atoms with Crippen molar-refractivity contribution in [2.24, 2.45) is 0 Å². The first kappa shape index (κ1) is 23.0. The molecule has 0 radical (unpaired) electrons. The fourth-order valence-electron chi connectivity index (χ4n) is 3.43. The minimum absolute atomic E-state index is 0.0619. The number of carbonyl (C=O) groups is 1. The summed E-state index contributed by atoms with van der Waals surface area (Å²) in [6.07, 6.45) is 0.684. The first-order chi connectivity index (χ1) is 15.8. The Balaban J connectivity index is 1.34. The van der Waals surface area contributed by atoms with Crippen LogP contribution in [0, 0.1) is 0 Å². The van der Waals surface area contributed by atoms with Gasteiger partial charge in [-0.15, -0.1) is 0 Å². The summed E-state index contributed by atoms with van der Waals surface area (Å²) >= 11 is 11.1. The number of thiocarbonyl (C=S) groups is 1. The number of sulfonamides is 1. The van der Waals surface area contributed by atoms with E-state index in [4.69, 9.17) is 28.6 Å². The SMILES string of the molecule is O=C(COc1ccccc1Cl)NC(=S)Nc1ccc(S(=O)(=O)N2CCc3ccccc32)cc1. The van der Waals surface area contributed by atoms with Crippen molar-refractivity contribution in [3.05, 3.63) is 83.4 Å². The van der Waals surface area contributed by atoms with Gasteiger partial charge in [0.25, 0.3) is 15.9 Å². The summed E-state index contributed by atoms with van der Waals surface area (Å²) < 4.78 is 33.0. The molecule has 170 valence electrons. The third kappa shape index (κ3) is 5.27. The van der Waals surface area contributed by atoms with Crippen LogP contribution in [0.3, 0.4) is 0 Å². The smallest absolute Gasteiger partial charge is 0.264 e. The van der Waals surface area contributed by atoms with Gasteiger partial charge in [-0.3, -0.25) is 14.4 Å². The van der Waals surface area contributed by atoms with Crippen LogP contribution in [0.15, 0.2) is 77.7 Å². The number of hydrogen-bond donors (Lipinski definition) is 2. The lowest BCUT2D eigenvalue weighted by Gasteiger charge is -2.19. The third-order valence-corrected chi connectivity index (χ3v) is 7.34. The van der Waals surface area contributed by atoms with Crippen LogP contribution in [0.2, 0.25) is 5.02 Å². The first-order valence-corrected chi connectivity index (χ1v) is 12.3. The average Bonchev–Trinajstić information content (AvgIpc) is 3.24. The van der Waals surface area contributed by atoms with E-state index in [1.807, 2.05) is 24.3 Å². The van der Waals surface area contributed by atoms with E-state index in [0.29, 0.717) is 35.1 Å². The Hall–Kier alpha value is -3.14. The molecular weight excluding hydrogens is 482 g/mol. The van der Waals surface area contributed by atoms with Crippen molar-refractivity contribution >= 4 is 56.2 Å². The van der Waals surface area contributed by atoms with E-state index >= 15 is 0 Å².